The Bertz CT molecular complexity index is 105. The van der Waals surface area contributed by atoms with Crippen LogP contribution < -0.4 is 0 Å². The molecule has 9 heavy (non-hydrogen) atoms. The molecule has 0 saturated heterocycles. The Morgan fingerprint density at radius 2 is 2.44 bits per heavy atom. The molecule has 0 spiro atoms. The summed E-state index contributed by atoms with van der Waals surface area (Å²) in [6.45, 7) is 5.75. The third kappa shape index (κ3) is 3.79. The maximum absolute atomic E-state index is 8.32. The standard InChI is InChI=1S/C7H12O2/c1-3-7(4-2)9-6-5-8/h3-4,8H,1,5-6H2,2H3/b7-4+. The fourth-order valence-corrected chi connectivity index (χ4v) is 0.424. The van der Waals surface area contributed by atoms with Crippen LogP contribution in [0.1, 0.15) is 6.92 Å². The van der Waals surface area contributed by atoms with Gasteiger partial charge in [-0.25, -0.2) is 0 Å². The van der Waals surface area contributed by atoms with Crippen molar-refractivity contribution < 1.29 is 9.84 Å². The Morgan fingerprint density at radius 1 is 1.78 bits per heavy atom. The molecule has 2 heteroatoms. The Hall–Kier alpha value is -0.760. The van der Waals surface area contributed by atoms with E-state index in [0.717, 1.165) is 0 Å². The second kappa shape index (κ2) is 5.38. The summed E-state index contributed by atoms with van der Waals surface area (Å²) < 4.78 is 4.98. The van der Waals surface area contributed by atoms with Gasteiger partial charge < -0.3 is 9.84 Å². The molecule has 52 valence electrons. The van der Waals surface area contributed by atoms with E-state index in [4.69, 9.17) is 9.84 Å². The van der Waals surface area contributed by atoms with E-state index < -0.39 is 0 Å². The van der Waals surface area contributed by atoms with E-state index in [-0.39, 0.29) is 6.61 Å². The molecular formula is C7H12O2. The fourth-order valence-electron chi connectivity index (χ4n) is 0.424. The summed E-state index contributed by atoms with van der Waals surface area (Å²) in [5.74, 6) is 0.712. The Labute approximate surface area is 55.5 Å². The average Bonchev–Trinajstić information content (AvgIpc) is 1.91. The van der Waals surface area contributed by atoms with Gasteiger partial charge in [0.1, 0.15) is 12.4 Å². The SMILES string of the molecule is C=C/C(=C\C)OCCO. The lowest BCUT2D eigenvalue weighted by Gasteiger charge is -2.01. The van der Waals surface area contributed by atoms with Crippen LogP contribution in [-0.2, 0) is 4.74 Å². The zero-order valence-corrected chi connectivity index (χ0v) is 5.63. The normalized spacial score (nSPS) is 11.1. The largest absolute Gasteiger partial charge is 0.492 e. The monoisotopic (exact) mass is 128 g/mol. The zero-order chi connectivity index (χ0) is 7.11. The van der Waals surface area contributed by atoms with Crippen LogP contribution in [-0.4, -0.2) is 18.3 Å². The number of rotatable bonds is 4. The van der Waals surface area contributed by atoms with Gasteiger partial charge in [-0.1, -0.05) is 6.58 Å². The van der Waals surface area contributed by atoms with Crippen molar-refractivity contribution >= 4 is 0 Å². The smallest absolute Gasteiger partial charge is 0.114 e. The first kappa shape index (κ1) is 8.24. The van der Waals surface area contributed by atoms with Gasteiger partial charge in [0.25, 0.3) is 0 Å². The second-order valence-corrected chi connectivity index (χ2v) is 1.47. The fraction of sp³-hybridized carbons (Fsp3) is 0.429. The van der Waals surface area contributed by atoms with Gasteiger partial charge in [0.15, 0.2) is 0 Å². The second-order valence-electron chi connectivity index (χ2n) is 1.47. The summed E-state index contributed by atoms with van der Waals surface area (Å²) in [6.07, 6.45) is 3.40. The van der Waals surface area contributed by atoms with Crippen LogP contribution in [0.4, 0.5) is 0 Å². The molecule has 0 unspecified atom stereocenters. The van der Waals surface area contributed by atoms with E-state index in [0.29, 0.717) is 12.4 Å². The Kier molecular flexibility index (Phi) is 4.92. The van der Waals surface area contributed by atoms with Crippen LogP contribution in [0, 0.1) is 0 Å². The Morgan fingerprint density at radius 3 is 2.78 bits per heavy atom. The van der Waals surface area contributed by atoms with Gasteiger partial charge >= 0.3 is 0 Å². The molecule has 0 amide bonds. The lowest BCUT2D eigenvalue weighted by Crippen LogP contribution is -1.96. The predicted molar refractivity (Wildman–Crippen MR) is 37.0 cm³/mol. The summed E-state index contributed by atoms with van der Waals surface area (Å²) in [5, 5.41) is 8.32. The molecule has 0 heterocycles. The molecule has 0 aliphatic carbocycles. The van der Waals surface area contributed by atoms with Crippen molar-refractivity contribution in [1.29, 1.82) is 0 Å². The van der Waals surface area contributed by atoms with E-state index in [9.17, 15) is 0 Å². The molecule has 0 aromatic rings. The average molecular weight is 128 g/mol. The van der Waals surface area contributed by atoms with Crippen molar-refractivity contribution in [2.24, 2.45) is 0 Å². The molecule has 0 atom stereocenters. The molecule has 0 bridgehead atoms. The predicted octanol–water partition coefficient (Wildman–Crippen LogP) is 1.09. The number of aliphatic hydroxyl groups is 1. The van der Waals surface area contributed by atoms with Crippen LogP contribution in [0.25, 0.3) is 0 Å². The molecule has 0 aromatic heterocycles. The highest BCUT2D eigenvalue weighted by molar-refractivity contribution is 5.06. The van der Waals surface area contributed by atoms with Gasteiger partial charge in [-0.15, -0.1) is 0 Å². The highest BCUT2D eigenvalue weighted by Gasteiger charge is 1.85. The Balaban J connectivity index is 3.45. The quantitative estimate of drug-likeness (QED) is 0.453. The zero-order valence-electron chi connectivity index (χ0n) is 5.63. The lowest BCUT2D eigenvalue weighted by atomic mass is 10.4. The van der Waals surface area contributed by atoms with Gasteiger partial charge in [0.05, 0.1) is 6.61 Å². The number of allylic oxidation sites excluding steroid dienone is 2. The number of hydrogen-bond donors (Lipinski definition) is 1. The molecule has 2 nitrogen and oxygen atoms in total. The van der Waals surface area contributed by atoms with Crippen LogP contribution >= 0.6 is 0 Å². The summed E-state index contributed by atoms with van der Waals surface area (Å²) in [4.78, 5) is 0. The molecule has 0 aliphatic rings. The minimum Gasteiger partial charge on any atom is -0.492 e. The van der Waals surface area contributed by atoms with E-state index in [2.05, 4.69) is 6.58 Å². The number of ether oxygens (including phenoxy) is 1. The molecule has 0 aliphatic heterocycles. The first-order chi connectivity index (χ1) is 4.35. The van der Waals surface area contributed by atoms with Gasteiger partial charge in [-0.3, -0.25) is 0 Å². The molecule has 0 fully saturated rings. The molecule has 0 saturated carbocycles. The van der Waals surface area contributed by atoms with Crippen molar-refractivity contribution in [3.8, 4) is 0 Å². The van der Waals surface area contributed by atoms with Crippen LogP contribution in [0.2, 0.25) is 0 Å². The molecule has 0 rings (SSSR count). The first-order valence-corrected chi connectivity index (χ1v) is 2.87. The minimum absolute atomic E-state index is 0.0468. The summed E-state index contributed by atoms with van der Waals surface area (Å²) in [7, 11) is 0. The van der Waals surface area contributed by atoms with Crippen LogP contribution in [0.5, 0.6) is 0 Å². The van der Waals surface area contributed by atoms with Crippen LogP contribution in [0.3, 0.4) is 0 Å². The highest BCUT2D eigenvalue weighted by atomic mass is 16.5. The van der Waals surface area contributed by atoms with E-state index in [1.807, 2.05) is 6.92 Å². The number of hydrogen-bond acceptors (Lipinski definition) is 2. The minimum atomic E-state index is 0.0468. The van der Waals surface area contributed by atoms with Crippen molar-refractivity contribution in [2.75, 3.05) is 13.2 Å². The van der Waals surface area contributed by atoms with E-state index in [1.54, 1.807) is 12.2 Å². The third-order valence-corrected chi connectivity index (χ3v) is 0.846. The summed E-state index contributed by atoms with van der Waals surface area (Å²) in [6, 6.07) is 0. The van der Waals surface area contributed by atoms with E-state index in [1.165, 1.54) is 0 Å². The van der Waals surface area contributed by atoms with Crippen molar-refractivity contribution in [1.82, 2.24) is 0 Å². The van der Waals surface area contributed by atoms with Gasteiger partial charge in [0, 0.05) is 0 Å². The summed E-state index contributed by atoms with van der Waals surface area (Å²) >= 11 is 0. The van der Waals surface area contributed by atoms with Crippen molar-refractivity contribution in [3.63, 3.8) is 0 Å². The molecular weight excluding hydrogens is 116 g/mol. The van der Waals surface area contributed by atoms with Crippen LogP contribution in [0.15, 0.2) is 24.5 Å². The van der Waals surface area contributed by atoms with Gasteiger partial charge in [0.2, 0.25) is 0 Å². The maximum Gasteiger partial charge on any atom is 0.114 e. The molecule has 1 N–H and O–H groups in total. The summed E-state index contributed by atoms with van der Waals surface area (Å²) in [5.41, 5.74) is 0. The topological polar surface area (TPSA) is 29.5 Å². The third-order valence-electron chi connectivity index (χ3n) is 0.846. The van der Waals surface area contributed by atoms with Gasteiger partial charge in [-0.2, -0.15) is 0 Å². The van der Waals surface area contributed by atoms with Crippen molar-refractivity contribution in [2.45, 2.75) is 6.92 Å². The van der Waals surface area contributed by atoms with Crippen molar-refractivity contribution in [3.05, 3.63) is 24.5 Å². The first-order valence-electron chi connectivity index (χ1n) is 2.87. The van der Waals surface area contributed by atoms with Gasteiger partial charge in [-0.05, 0) is 19.1 Å². The number of aliphatic hydroxyl groups excluding tert-OH is 1. The molecule has 0 aromatic carbocycles. The lowest BCUT2D eigenvalue weighted by molar-refractivity contribution is 0.152. The highest BCUT2D eigenvalue weighted by Crippen LogP contribution is 1.95. The molecule has 0 radical (unpaired) electrons. The maximum atomic E-state index is 8.32. The van der Waals surface area contributed by atoms with E-state index >= 15 is 0 Å².